The molecule has 0 atom stereocenters. The maximum atomic E-state index is 2.46. The Labute approximate surface area is 377 Å². The van der Waals surface area contributed by atoms with Crippen molar-refractivity contribution in [1.29, 1.82) is 0 Å². The Balaban J connectivity index is 1.01. The fraction of sp³-hybridized carbons (Fsp3) is 0.129. The molecule has 1 aromatic heterocycles. The van der Waals surface area contributed by atoms with Crippen molar-refractivity contribution in [3.05, 3.63) is 230 Å². The highest BCUT2D eigenvalue weighted by Crippen LogP contribution is 2.50. The van der Waals surface area contributed by atoms with Gasteiger partial charge in [0, 0.05) is 33.5 Å². The van der Waals surface area contributed by atoms with E-state index in [2.05, 4.69) is 256 Å². The molecule has 0 amide bonds. The van der Waals surface area contributed by atoms with Crippen LogP contribution in [0.4, 0.5) is 17.1 Å². The molecule has 0 aliphatic heterocycles. The molecule has 0 fully saturated rings. The van der Waals surface area contributed by atoms with E-state index in [1.165, 1.54) is 96.0 Å². The molecule has 0 bridgehead atoms. The lowest BCUT2D eigenvalue weighted by molar-refractivity contribution is 0.333. The van der Waals surface area contributed by atoms with Gasteiger partial charge >= 0.3 is 0 Å². The molecule has 0 spiro atoms. The molecule has 0 saturated carbocycles. The number of rotatable bonds is 8. The molecular formula is C62H52N2. The number of fused-ring (bicyclic) bond motifs is 4. The number of hydrogen-bond donors (Lipinski definition) is 0. The van der Waals surface area contributed by atoms with Crippen LogP contribution in [0.1, 0.15) is 51.7 Å². The first-order valence-corrected chi connectivity index (χ1v) is 22.7. The van der Waals surface area contributed by atoms with Crippen LogP contribution in [-0.2, 0) is 10.8 Å². The molecule has 1 aliphatic rings. The first kappa shape index (κ1) is 39.4. The Morgan fingerprint density at radius 2 is 0.875 bits per heavy atom. The molecule has 310 valence electrons. The number of benzene rings is 9. The number of aromatic nitrogens is 1. The molecule has 0 radical (unpaired) electrons. The minimum atomic E-state index is 0.105. The number of nitrogens with zero attached hydrogens (tertiary/aromatic N) is 2. The highest BCUT2D eigenvalue weighted by Gasteiger charge is 2.38. The zero-order chi connectivity index (χ0) is 43.4. The SMILES string of the molecule is CC1(C)CCC(C)(C)c2c(-c3cccc(-n4c5ccccc5c5cc(-c6cccc(N(c7ccc(-c8ccccc8)cc7)c7cccc(-c8ccccc8)c7)c6)ccc54)c3)cccc21. The second-order valence-electron chi connectivity index (χ2n) is 18.8. The summed E-state index contributed by atoms with van der Waals surface area (Å²) in [5.41, 5.74) is 19.9. The van der Waals surface area contributed by atoms with E-state index >= 15 is 0 Å². The summed E-state index contributed by atoms with van der Waals surface area (Å²) in [5, 5.41) is 2.49. The van der Waals surface area contributed by atoms with E-state index in [4.69, 9.17) is 0 Å². The zero-order valence-corrected chi connectivity index (χ0v) is 37.1. The van der Waals surface area contributed by atoms with Crippen LogP contribution in [0.15, 0.2) is 218 Å². The molecule has 0 N–H and O–H groups in total. The Morgan fingerprint density at radius 1 is 0.359 bits per heavy atom. The van der Waals surface area contributed by atoms with Gasteiger partial charge in [0.05, 0.1) is 11.0 Å². The third-order valence-corrected chi connectivity index (χ3v) is 13.8. The largest absolute Gasteiger partial charge is 0.310 e. The lowest BCUT2D eigenvalue weighted by atomic mass is 9.61. The molecule has 1 aliphatic carbocycles. The fourth-order valence-electron chi connectivity index (χ4n) is 10.4. The van der Waals surface area contributed by atoms with Gasteiger partial charge in [0.1, 0.15) is 0 Å². The Bertz CT molecular complexity index is 3320. The average Bonchev–Trinajstić information content (AvgIpc) is 3.68. The normalized spacial score (nSPS) is 14.1. The lowest BCUT2D eigenvalue weighted by Gasteiger charge is -2.43. The smallest absolute Gasteiger partial charge is 0.0541 e. The summed E-state index contributed by atoms with van der Waals surface area (Å²) in [6, 6.07) is 80.2. The van der Waals surface area contributed by atoms with Crippen LogP contribution < -0.4 is 4.90 Å². The van der Waals surface area contributed by atoms with E-state index in [1.807, 2.05) is 0 Å². The second kappa shape index (κ2) is 15.7. The van der Waals surface area contributed by atoms with E-state index < -0.39 is 0 Å². The number of hydrogen-bond acceptors (Lipinski definition) is 1. The van der Waals surface area contributed by atoms with Crippen molar-refractivity contribution in [1.82, 2.24) is 4.57 Å². The average molecular weight is 825 g/mol. The highest BCUT2D eigenvalue weighted by molar-refractivity contribution is 6.10. The molecule has 9 aromatic carbocycles. The summed E-state index contributed by atoms with van der Waals surface area (Å²) in [7, 11) is 0. The van der Waals surface area contributed by atoms with Crippen LogP contribution in [0.2, 0.25) is 0 Å². The first-order valence-electron chi connectivity index (χ1n) is 22.7. The van der Waals surface area contributed by atoms with Gasteiger partial charge in [-0.25, -0.2) is 0 Å². The van der Waals surface area contributed by atoms with Crippen molar-refractivity contribution in [3.63, 3.8) is 0 Å². The van der Waals surface area contributed by atoms with Crippen molar-refractivity contribution in [3.8, 4) is 50.2 Å². The van der Waals surface area contributed by atoms with Crippen LogP contribution in [0.5, 0.6) is 0 Å². The maximum absolute atomic E-state index is 2.46. The predicted octanol–water partition coefficient (Wildman–Crippen LogP) is 17.3. The van der Waals surface area contributed by atoms with Gasteiger partial charge in [-0.2, -0.15) is 0 Å². The zero-order valence-electron chi connectivity index (χ0n) is 37.1. The third kappa shape index (κ3) is 7.00. The summed E-state index contributed by atoms with van der Waals surface area (Å²) in [6.07, 6.45) is 2.39. The van der Waals surface area contributed by atoms with Gasteiger partial charge in [-0.1, -0.05) is 179 Å². The Kier molecular flexibility index (Phi) is 9.69. The van der Waals surface area contributed by atoms with Gasteiger partial charge in [0.2, 0.25) is 0 Å². The van der Waals surface area contributed by atoms with Gasteiger partial charge in [0.25, 0.3) is 0 Å². The van der Waals surface area contributed by atoms with Crippen molar-refractivity contribution in [2.45, 2.75) is 51.4 Å². The molecular weight excluding hydrogens is 773 g/mol. The van der Waals surface area contributed by atoms with Crippen molar-refractivity contribution < 1.29 is 0 Å². The molecule has 0 unspecified atom stereocenters. The molecule has 1 heterocycles. The van der Waals surface area contributed by atoms with Gasteiger partial charge in [0.15, 0.2) is 0 Å². The second-order valence-corrected chi connectivity index (χ2v) is 18.8. The summed E-state index contributed by atoms with van der Waals surface area (Å²) in [5.74, 6) is 0. The van der Waals surface area contributed by atoms with Crippen molar-refractivity contribution in [2.24, 2.45) is 0 Å². The van der Waals surface area contributed by atoms with Crippen molar-refractivity contribution >= 4 is 38.9 Å². The van der Waals surface area contributed by atoms with E-state index in [9.17, 15) is 0 Å². The maximum Gasteiger partial charge on any atom is 0.0541 e. The van der Waals surface area contributed by atoms with Gasteiger partial charge in [-0.05, 0) is 146 Å². The van der Waals surface area contributed by atoms with Crippen molar-refractivity contribution in [2.75, 3.05) is 4.90 Å². The molecule has 11 rings (SSSR count). The third-order valence-electron chi connectivity index (χ3n) is 13.8. The van der Waals surface area contributed by atoms with E-state index in [0.717, 1.165) is 17.1 Å². The first-order chi connectivity index (χ1) is 31.2. The summed E-state index contributed by atoms with van der Waals surface area (Å²) in [6.45, 7) is 9.68. The minimum Gasteiger partial charge on any atom is -0.310 e. The van der Waals surface area contributed by atoms with Crippen LogP contribution in [-0.4, -0.2) is 4.57 Å². The molecule has 2 nitrogen and oxygen atoms in total. The molecule has 10 aromatic rings. The highest BCUT2D eigenvalue weighted by atomic mass is 15.1. The standard InChI is InChI=1S/C62H52N2/c1-61(2)37-38-62(3,4)60-54(28-16-29-57(60)61)49-23-15-26-53(41-49)64-58-30-12-11-27-55(58)56-42-48(33-36-59(56)64)47-22-14-25-52(40-47)63(50-34-31-45(32-35-50)43-17-7-5-8-18-43)51-24-13-21-46(39-51)44-19-9-6-10-20-44/h5-36,39-42H,37-38H2,1-4H3. The van der Waals surface area contributed by atoms with Crippen LogP contribution in [0, 0.1) is 0 Å². The lowest BCUT2D eigenvalue weighted by Crippen LogP contribution is -2.34. The Morgan fingerprint density at radius 3 is 1.59 bits per heavy atom. The molecule has 0 saturated heterocycles. The van der Waals surface area contributed by atoms with E-state index in [0.29, 0.717) is 0 Å². The van der Waals surface area contributed by atoms with Gasteiger partial charge in [-0.15, -0.1) is 0 Å². The van der Waals surface area contributed by atoms with Gasteiger partial charge in [-0.3, -0.25) is 0 Å². The summed E-state index contributed by atoms with van der Waals surface area (Å²) < 4.78 is 2.46. The fourth-order valence-corrected chi connectivity index (χ4v) is 10.4. The van der Waals surface area contributed by atoms with E-state index in [-0.39, 0.29) is 10.8 Å². The number of para-hydroxylation sites is 1. The molecule has 64 heavy (non-hydrogen) atoms. The van der Waals surface area contributed by atoms with Crippen LogP contribution in [0.25, 0.3) is 72.0 Å². The minimum absolute atomic E-state index is 0.105. The quantitative estimate of drug-likeness (QED) is 0.148. The Hall–Kier alpha value is -7.42. The summed E-state index contributed by atoms with van der Waals surface area (Å²) >= 11 is 0. The van der Waals surface area contributed by atoms with Crippen LogP contribution >= 0.6 is 0 Å². The monoisotopic (exact) mass is 824 g/mol. The van der Waals surface area contributed by atoms with E-state index in [1.54, 1.807) is 0 Å². The number of anilines is 3. The molecule has 2 heteroatoms. The predicted molar refractivity (Wildman–Crippen MR) is 272 cm³/mol. The van der Waals surface area contributed by atoms with Crippen LogP contribution in [0.3, 0.4) is 0 Å². The topological polar surface area (TPSA) is 8.17 Å². The summed E-state index contributed by atoms with van der Waals surface area (Å²) in [4.78, 5) is 2.38. The van der Waals surface area contributed by atoms with Gasteiger partial charge < -0.3 is 9.47 Å².